The molecule has 0 saturated heterocycles. The van der Waals surface area contributed by atoms with E-state index < -0.39 is 4.92 Å². The van der Waals surface area contributed by atoms with E-state index in [1.807, 2.05) is 26.0 Å². The fourth-order valence-corrected chi connectivity index (χ4v) is 5.23. The molecule has 8 heteroatoms. The van der Waals surface area contributed by atoms with Crippen molar-refractivity contribution >= 4 is 49.5 Å². The Morgan fingerprint density at radius 3 is 2.58 bits per heavy atom. The lowest BCUT2D eigenvalue weighted by Crippen LogP contribution is -2.25. The second kappa shape index (κ2) is 6.75. The van der Waals surface area contributed by atoms with E-state index in [0.29, 0.717) is 35.2 Å². The van der Waals surface area contributed by atoms with E-state index in [-0.39, 0.29) is 22.6 Å². The number of ketones is 1. The number of nitrogens with one attached hydrogen (secondary N) is 1. The highest BCUT2D eigenvalue weighted by atomic mass is 32.1. The first kappa shape index (κ1) is 19.4. The molecule has 0 aliphatic heterocycles. The summed E-state index contributed by atoms with van der Waals surface area (Å²) in [4.78, 5) is 31.6. The molecule has 0 bridgehead atoms. The van der Waals surface area contributed by atoms with E-state index in [9.17, 15) is 20.0 Å². The molecule has 0 spiro atoms. The number of allylic oxidation sites excluding steroid dienone is 2. The Morgan fingerprint density at radius 2 is 1.90 bits per heavy atom. The molecule has 0 amide bonds. The van der Waals surface area contributed by atoms with Gasteiger partial charge in [0.05, 0.1) is 31.9 Å². The molecule has 156 valence electrons. The average Bonchev–Trinajstić information content (AvgIpc) is 3.31. The van der Waals surface area contributed by atoms with Gasteiger partial charge in [-0.1, -0.05) is 13.8 Å². The molecule has 0 radical (unpaired) electrons. The van der Waals surface area contributed by atoms with Crippen molar-refractivity contribution in [1.82, 2.24) is 9.97 Å². The first-order valence-corrected chi connectivity index (χ1v) is 10.7. The predicted octanol–water partition coefficient (Wildman–Crippen LogP) is 6.01. The van der Waals surface area contributed by atoms with Crippen LogP contribution in [0.3, 0.4) is 0 Å². The number of nitrogens with zero attached hydrogens (tertiary/aromatic N) is 2. The molecular weight excluding hydrogens is 414 g/mol. The summed E-state index contributed by atoms with van der Waals surface area (Å²) in [6, 6.07) is 10.0. The smallest absolute Gasteiger partial charge is 0.269 e. The van der Waals surface area contributed by atoms with Crippen LogP contribution in [0.25, 0.3) is 38.0 Å². The van der Waals surface area contributed by atoms with Crippen LogP contribution in [0.4, 0.5) is 5.69 Å². The zero-order chi connectivity index (χ0) is 21.9. The van der Waals surface area contributed by atoms with Crippen LogP contribution in [0, 0.1) is 15.5 Å². The second-order valence-corrected chi connectivity index (χ2v) is 9.49. The maximum absolute atomic E-state index is 13.2. The van der Waals surface area contributed by atoms with Crippen LogP contribution in [0.2, 0.25) is 0 Å². The van der Waals surface area contributed by atoms with E-state index in [2.05, 4.69) is 9.97 Å². The first-order chi connectivity index (χ1) is 14.7. The lowest BCUT2D eigenvalue weighted by molar-refractivity contribution is -0.384. The Morgan fingerprint density at radius 1 is 1.16 bits per heavy atom. The number of carbonyl (C=O) groups excluding carboxylic acids is 1. The molecule has 4 aromatic rings. The average molecular weight is 433 g/mol. The van der Waals surface area contributed by atoms with Crippen LogP contribution in [0.5, 0.6) is 0 Å². The van der Waals surface area contributed by atoms with Crippen LogP contribution in [-0.2, 0) is 4.79 Å². The number of H-pyrrole nitrogens is 1. The number of aromatic nitrogens is 2. The van der Waals surface area contributed by atoms with Crippen molar-refractivity contribution < 1.29 is 14.8 Å². The quantitative estimate of drug-likeness (QED) is 0.304. The number of hydrogen-bond acceptors (Lipinski definition) is 6. The topological polar surface area (TPSA) is 109 Å². The summed E-state index contributed by atoms with van der Waals surface area (Å²) in [5.41, 5.74) is 5.37. The SMILES string of the molecule is CC1(C)CC(=O)C(c2c(-c3ccc([N+](=O)[O-])cc3)[nH]c3ccc4ncsc4c23)=C(O)C1. The van der Waals surface area contributed by atoms with Crippen molar-refractivity contribution in [3.8, 4) is 11.3 Å². The number of benzene rings is 2. The molecule has 0 fully saturated rings. The summed E-state index contributed by atoms with van der Waals surface area (Å²) in [6.07, 6.45) is 0.733. The van der Waals surface area contributed by atoms with Crippen LogP contribution in [0.15, 0.2) is 47.7 Å². The Balaban J connectivity index is 1.85. The van der Waals surface area contributed by atoms with Crippen LogP contribution < -0.4 is 0 Å². The number of hydrogen-bond donors (Lipinski definition) is 2. The van der Waals surface area contributed by atoms with Crippen molar-refractivity contribution in [3.05, 3.63) is 63.3 Å². The van der Waals surface area contributed by atoms with Gasteiger partial charge in [0, 0.05) is 41.4 Å². The van der Waals surface area contributed by atoms with Crippen molar-refractivity contribution in [2.45, 2.75) is 26.7 Å². The van der Waals surface area contributed by atoms with Gasteiger partial charge in [0.1, 0.15) is 5.76 Å². The third-order valence-corrected chi connectivity index (χ3v) is 6.59. The van der Waals surface area contributed by atoms with Gasteiger partial charge in [-0.3, -0.25) is 14.9 Å². The summed E-state index contributed by atoms with van der Waals surface area (Å²) in [5, 5.41) is 22.9. The highest BCUT2D eigenvalue weighted by Crippen LogP contribution is 2.46. The summed E-state index contributed by atoms with van der Waals surface area (Å²) in [5.74, 6) is -0.0360. The van der Waals surface area contributed by atoms with Crippen LogP contribution in [-0.4, -0.2) is 25.8 Å². The zero-order valence-electron chi connectivity index (χ0n) is 16.9. The molecule has 5 rings (SSSR count). The van der Waals surface area contributed by atoms with Gasteiger partial charge in [0.25, 0.3) is 5.69 Å². The van der Waals surface area contributed by atoms with Crippen LogP contribution >= 0.6 is 11.3 Å². The van der Waals surface area contributed by atoms with E-state index in [0.717, 1.165) is 21.1 Å². The molecule has 0 atom stereocenters. The van der Waals surface area contributed by atoms with Gasteiger partial charge >= 0.3 is 0 Å². The lowest BCUT2D eigenvalue weighted by atomic mass is 9.74. The van der Waals surface area contributed by atoms with Gasteiger partial charge in [-0.05, 0) is 35.2 Å². The Kier molecular flexibility index (Phi) is 4.23. The number of thiazole rings is 1. The van der Waals surface area contributed by atoms with E-state index in [4.69, 9.17) is 0 Å². The number of non-ortho nitro benzene ring substituents is 1. The first-order valence-electron chi connectivity index (χ1n) is 9.83. The minimum absolute atomic E-state index is 0.0104. The third kappa shape index (κ3) is 3.11. The fourth-order valence-electron chi connectivity index (χ4n) is 4.39. The van der Waals surface area contributed by atoms with E-state index >= 15 is 0 Å². The van der Waals surface area contributed by atoms with Gasteiger partial charge in [-0.2, -0.15) is 0 Å². The minimum Gasteiger partial charge on any atom is -0.512 e. The number of aromatic amines is 1. The summed E-state index contributed by atoms with van der Waals surface area (Å²) in [7, 11) is 0. The summed E-state index contributed by atoms with van der Waals surface area (Å²) in [6.45, 7) is 3.93. The fraction of sp³-hybridized carbons (Fsp3) is 0.217. The maximum atomic E-state index is 13.2. The number of Topliss-reactive ketones (excluding diaryl/α,β-unsaturated/α-hetero) is 1. The number of aliphatic hydroxyl groups is 1. The Hall–Kier alpha value is -3.52. The van der Waals surface area contributed by atoms with Crippen molar-refractivity contribution in [1.29, 1.82) is 0 Å². The number of fused-ring (bicyclic) bond motifs is 3. The Labute approximate surface area is 181 Å². The molecule has 2 aromatic carbocycles. The van der Waals surface area contributed by atoms with Gasteiger partial charge in [-0.25, -0.2) is 4.98 Å². The van der Waals surface area contributed by atoms with Crippen molar-refractivity contribution in [2.75, 3.05) is 0 Å². The zero-order valence-corrected chi connectivity index (χ0v) is 17.7. The van der Waals surface area contributed by atoms with Gasteiger partial charge in [0.2, 0.25) is 0 Å². The molecule has 1 aliphatic rings. The van der Waals surface area contributed by atoms with Crippen molar-refractivity contribution in [2.24, 2.45) is 5.41 Å². The number of aliphatic hydroxyl groups excluding tert-OH is 1. The molecule has 2 N–H and O–H groups in total. The number of carbonyl (C=O) groups is 1. The largest absolute Gasteiger partial charge is 0.512 e. The van der Waals surface area contributed by atoms with Gasteiger partial charge < -0.3 is 10.1 Å². The number of rotatable bonds is 3. The van der Waals surface area contributed by atoms with Gasteiger partial charge in [0.15, 0.2) is 5.78 Å². The molecule has 1 aliphatic carbocycles. The maximum Gasteiger partial charge on any atom is 0.269 e. The second-order valence-electron chi connectivity index (χ2n) is 8.63. The molecule has 7 nitrogen and oxygen atoms in total. The number of nitro benzene ring substituents is 1. The molecule has 2 aromatic heterocycles. The molecular formula is C23H19N3O4S. The summed E-state index contributed by atoms with van der Waals surface area (Å²) >= 11 is 1.48. The van der Waals surface area contributed by atoms with E-state index in [1.165, 1.54) is 23.5 Å². The molecule has 0 unspecified atom stereocenters. The minimum atomic E-state index is -0.447. The molecule has 2 heterocycles. The monoisotopic (exact) mass is 433 g/mol. The standard InChI is InChI=1S/C23H19N3O4S/c1-23(2)9-16(27)19(17(28)10-23)20-18-14(7-8-15-22(18)31-11-24-15)25-21(20)12-3-5-13(6-4-12)26(29)30/h3-8,11,25,27H,9-10H2,1-2H3. The highest BCUT2D eigenvalue weighted by Gasteiger charge is 2.36. The van der Waals surface area contributed by atoms with Crippen LogP contribution in [0.1, 0.15) is 32.3 Å². The normalized spacial score (nSPS) is 16.4. The van der Waals surface area contributed by atoms with Crippen molar-refractivity contribution in [3.63, 3.8) is 0 Å². The van der Waals surface area contributed by atoms with E-state index in [1.54, 1.807) is 17.6 Å². The molecule has 31 heavy (non-hydrogen) atoms. The highest BCUT2D eigenvalue weighted by molar-refractivity contribution is 7.17. The number of nitro groups is 1. The summed E-state index contributed by atoms with van der Waals surface area (Å²) < 4.78 is 0.926. The Bertz CT molecular complexity index is 1410. The molecule has 0 saturated carbocycles. The van der Waals surface area contributed by atoms with Gasteiger partial charge in [-0.15, -0.1) is 11.3 Å². The lowest BCUT2D eigenvalue weighted by Gasteiger charge is -2.29. The third-order valence-electron chi connectivity index (χ3n) is 5.73. The predicted molar refractivity (Wildman–Crippen MR) is 121 cm³/mol.